The molecule has 1 aromatic carbocycles. The molecule has 0 aliphatic rings. The predicted molar refractivity (Wildman–Crippen MR) is 107 cm³/mol. The molecule has 0 bridgehead atoms. The highest BCUT2D eigenvalue weighted by Gasteiger charge is 2.22. The number of carbonyl (C=O) groups excluding carboxylic acids is 2. The fraction of sp³-hybridized carbons (Fsp3) is 0.381. The molecular weight excluding hydrogens is 374 g/mol. The monoisotopic (exact) mass is 401 g/mol. The number of aliphatic hydroxyl groups excluding tert-OH is 1. The van der Waals surface area contributed by atoms with Gasteiger partial charge in [0.25, 0.3) is 5.91 Å². The van der Waals surface area contributed by atoms with Crippen molar-refractivity contribution in [2.45, 2.75) is 52.0 Å². The number of esters is 1. The van der Waals surface area contributed by atoms with Crippen LogP contribution in [0, 0.1) is 0 Å². The van der Waals surface area contributed by atoms with E-state index in [2.05, 4.69) is 10.3 Å². The van der Waals surface area contributed by atoms with E-state index in [1.54, 1.807) is 33.0 Å². The second-order valence-electron chi connectivity index (χ2n) is 7.74. The van der Waals surface area contributed by atoms with Gasteiger partial charge in [-0.2, -0.15) is 0 Å². The first-order valence-corrected chi connectivity index (χ1v) is 9.24. The third-order valence-electron chi connectivity index (χ3n) is 4.06. The summed E-state index contributed by atoms with van der Waals surface area (Å²) in [6.07, 6.45) is 2.16. The smallest absolute Gasteiger partial charge is 0.340 e. The Hall–Kier alpha value is -2.81. The number of nitrogens with zero attached hydrogens (tertiary/aromatic N) is 1. The summed E-state index contributed by atoms with van der Waals surface area (Å²) in [5, 5.41) is 21.3. The summed E-state index contributed by atoms with van der Waals surface area (Å²) in [5.74, 6) is -1.14. The molecule has 29 heavy (non-hydrogen) atoms. The quantitative estimate of drug-likeness (QED) is 0.318. The highest BCUT2D eigenvalue weighted by atomic mass is 16.6. The second-order valence-corrected chi connectivity index (χ2v) is 7.74. The number of rotatable bonds is 7. The zero-order valence-corrected chi connectivity index (χ0v) is 17.0. The fourth-order valence-corrected chi connectivity index (χ4v) is 2.64. The molecule has 0 aliphatic carbocycles. The zero-order valence-electron chi connectivity index (χ0n) is 17.0. The molecule has 0 unspecified atom stereocenters. The van der Waals surface area contributed by atoms with E-state index in [9.17, 15) is 14.7 Å². The molecule has 0 fully saturated rings. The lowest BCUT2D eigenvalue weighted by molar-refractivity contribution is -0.134. The maximum atomic E-state index is 12.2. The molecule has 2 rings (SSSR count). The van der Waals surface area contributed by atoms with Gasteiger partial charge < -0.3 is 9.84 Å². The molecule has 0 aliphatic heterocycles. The Kier molecular flexibility index (Phi) is 7.44. The van der Waals surface area contributed by atoms with Crippen LogP contribution in [-0.4, -0.2) is 44.9 Å². The van der Waals surface area contributed by atoms with Crippen molar-refractivity contribution >= 4 is 11.9 Å². The maximum absolute atomic E-state index is 12.2. The Morgan fingerprint density at radius 2 is 1.79 bits per heavy atom. The molecule has 0 spiro atoms. The van der Waals surface area contributed by atoms with Crippen molar-refractivity contribution in [3.63, 3.8) is 0 Å². The number of hydroxylamine groups is 1. The molecule has 2 aromatic rings. The van der Waals surface area contributed by atoms with Crippen LogP contribution < -0.4 is 10.8 Å². The standard InChI is InChI=1S/C21H27N3O5/c1-13(25)18(19(26)24-28)23-10-14-5-7-15(8-6-14)16-9-17(12-22-11-16)20(27)29-21(2,3)4/h5-9,11-13,18,23,25,28H,10H2,1-4H3,(H,24,26)/t13-,18+/m1/s1. The Morgan fingerprint density at radius 1 is 1.14 bits per heavy atom. The van der Waals surface area contributed by atoms with Crippen molar-refractivity contribution in [3.05, 3.63) is 53.9 Å². The lowest BCUT2D eigenvalue weighted by Crippen LogP contribution is -2.49. The lowest BCUT2D eigenvalue weighted by atomic mass is 10.0. The summed E-state index contributed by atoms with van der Waals surface area (Å²) in [5.41, 5.74) is 3.84. The van der Waals surface area contributed by atoms with Gasteiger partial charge in [0.1, 0.15) is 11.6 Å². The number of pyridine rings is 1. The molecule has 1 aromatic heterocycles. The summed E-state index contributed by atoms with van der Waals surface area (Å²) in [6.45, 7) is 7.20. The van der Waals surface area contributed by atoms with E-state index in [1.165, 1.54) is 18.6 Å². The van der Waals surface area contributed by atoms with Crippen LogP contribution in [0.2, 0.25) is 0 Å². The van der Waals surface area contributed by atoms with Crippen LogP contribution in [0.25, 0.3) is 11.1 Å². The summed E-state index contributed by atoms with van der Waals surface area (Å²) >= 11 is 0. The van der Waals surface area contributed by atoms with Crippen molar-refractivity contribution in [2.75, 3.05) is 0 Å². The largest absolute Gasteiger partial charge is 0.456 e. The van der Waals surface area contributed by atoms with Crippen LogP contribution in [0.3, 0.4) is 0 Å². The third kappa shape index (κ3) is 6.63. The molecule has 0 radical (unpaired) electrons. The highest BCUT2D eigenvalue weighted by Crippen LogP contribution is 2.21. The molecule has 1 amide bonds. The van der Waals surface area contributed by atoms with Crippen LogP contribution in [0.1, 0.15) is 43.6 Å². The summed E-state index contributed by atoms with van der Waals surface area (Å²) in [6, 6.07) is 8.25. The maximum Gasteiger partial charge on any atom is 0.340 e. The molecule has 8 nitrogen and oxygen atoms in total. The van der Waals surface area contributed by atoms with E-state index in [0.29, 0.717) is 12.1 Å². The number of nitrogens with one attached hydrogen (secondary N) is 2. The van der Waals surface area contributed by atoms with E-state index in [4.69, 9.17) is 9.94 Å². The Labute approximate surface area is 169 Å². The average Bonchev–Trinajstić information content (AvgIpc) is 2.67. The number of benzene rings is 1. The fourth-order valence-electron chi connectivity index (χ4n) is 2.64. The Balaban J connectivity index is 2.09. The first-order chi connectivity index (χ1) is 13.6. The first-order valence-electron chi connectivity index (χ1n) is 9.24. The zero-order chi connectivity index (χ0) is 21.6. The molecule has 8 heteroatoms. The SMILES string of the molecule is C[C@@H](O)[C@H](NCc1ccc(-c2cncc(C(=O)OC(C)(C)C)c2)cc1)C(=O)NO. The van der Waals surface area contributed by atoms with Crippen molar-refractivity contribution in [2.24, 2.45) is 0 Å². The first kappa shape index (κ1) is 22.5. The molecule has 2 atom stereocenters. The minimum atomic E-state index is -0.969. The molecule has 1 heterocycles. The van der Waals surface area contributed by atoms with Crippen molar-refractivity contribution in [1.82, 2.24) is 15.8 Å². The Morgan fingerprint density at radius 3 is 2.34 bits per heavy atom. The molecule has 4 N–H and O–H groups in total. The number of aliphatic hydroxyl groups is 1. The number of hydrogen-bond acceptors (Lipinski definition) is 7. The number of hydrogen-bond donors (Lipinski definition) is 4. The van der Waals surface area contributed by atoms with Gasteiger partial charge in [-0.3, -0.25) is 20.3 Å². The second kappa shape index (κ2) is 9.60. The number of ether oxygens (including phenoxy) is 1. The summed E-state index contributed by atoms with van der Waals surface area (Å²) in [4.78, 5) is 27.9. The van der Waals surface area contributed by atoms with Crippen LogP contribution in [0.15, 0.2) is 42.7 Å². The minimum Gasteiger partial charge on any atom is -0.456 e. The van der Waals surface area contributed by atoms with Gasteiger partial charge in [0.15, 0.2) is 0 Å². The van der Waals surface area contributed by atoms with Gasteiger partial charge in [0.05, 0.1) is 11.7 Å². The number of carbonyl (C=O) groups is 2. The summed E-state index contributed by atoms with van der Waals surface area (Å²) in [7, 11) is 0. The highest BCUT2D eigenvalue weighted by molar-refractivity contribution is 5.90. The molecule has 0 saturated heterocycles. The van der Waals surface area contributed by atoms with E-state index < -0.39 is 29.6 Å². The van der Waals surface area contributed by atoms with E-state index in [1.807, 2.05) is 24.3 Å². The van der Waals surface area contributed by atoms with Gasteiger partial charge in [-0.15, -0.1) is 0 Å². The average molecular weight is 401 g/mol. The molecular formula is C21H27N3O5. The number of amides is 1. The minimum absolute atomic E-state index is 0.319. The van der Waals surface area contributed by atoms with Gasteiger partial charge in [-0.1, -0.05) is 24.3 Å². The van der Waals surface area contributed by atoms with Gasteiger partial charge in [0, 0.05) is 24.5 Å². The van der Waals surface area contributed by atoms with E-state index in [0.717, 1.165) is 16.7 Å². The van der Waals surface area contributed by atoms with Crippen LogP contribution in [-0.2, 0) is 16.1 Å². The molecule has 156 valence electrons. The van der Waals surface area contributed by atoms with Crippen LogP contribution in [0.4, 0.5) is 0 Å². The predicted octanol–water partition coefficient (Wildman–Crippen LogP) is 2.05. The third-order valence-corrected chi connectivity index (χ3v) is 4.06. The van der Waals surface area contributed by atoms with Crippen LogP contribution in [0.5, 0.6) is 0 Å². The normalized spacial score (nSPS) is 13.4. The van der Waals surface area contributed by atoms with E-state index >= 15 is 0 Å². The lowest BCUT2D eigenvalue weighted by Gasteiger charge is -2.19. The van der Waals surface area contributed by atoms with Gasteiger partial charge >= 0.3 is 5.97 Å². The van der Waals surface area contributed by atoms with Crippen molar-refractivity contribution in [1.29, 1.82) is 0 Å². The van der Waals surface area contributed by atoms with Crippen LogP contribution >= 0.6 is 0 Å². The van der Waals surface area contributed by atoms with Crippen molar-refractivity contribution < 1.29 is 24.6 Å². The van der Waals surface area contributed by atoms with E-state index in [-0.39, 0.29) is 0 Å². The van der Waals surface area contributed by atoms with Gasteiger partial charge in [-0.25, -0.2) is 10.3 Å². The van der Waals surface area contributed by atoms with Gasteiger partial charge in [-0.05, 0) is 44.9 Å². The summed E-state index contributed by atoms with van der Waals surface area (Å²) < 4.78 is 5.38. The number of aromatic nitrogens is 1. The molecule has 0 saturated carbocycles. The topological polar surface area (TPSA) is 121 Å². The Bertz CT molecular complexity index is 844. The van der Waals surface area contributed by atoms with Gasteiger partial charge in [0.2, 0.25) is 0 Å². The van der Waals surface area contributed by atoms with Crippen molar-refractivity contribution in [3.8, 4) is 11.1 Å².